The summed E-state index contributed by atoms with van der Waals surface area (Å²) in [4.78, 5) is 33.4. The number of hydrogen-bond acceptors (Lipinski definition) is 3. The Balaban J connectivity index is 1.63. The highest BCUT2D eigenvalue weighted by atomic mass is 16.4. The minimum Gasteiger partial charge on any atom is -0.561 e. The number of carboxylic acid groups (broad SMARTS) is 2. The van der Waals surface area contributed by atoms with E-state index in [1.165, 1.54) is 0 Å². The smallest absolute Gasteiger partial charge is 0.549 e. The molecule has 4 aromatic rings. The van der Waals surface area contributed by atoms with Crippen LogP contribution in [0.5, 0.6) is 0 Å². The van der Waals surface area contributed by atoms with Crippen molar-refractivity contribution in [1.82, 2.24) is 0 Å². The van der Waals surface area contributed by atoms with Crippen LogP contribution in [0.2, 0.25) is 0 Å². The summed E-state index contributed by atoms with van der Waals surface area (Å²) in [5.74, 6) is -2.67. The van der Waals surface area contributed by atoms with E-state index in [2.05, 4.69) is 0 Å². The molecule has 0 heterocycles. The summed E-state index contributed by atoms with van der Waals surface area (Å²) < 4.78 is 0. The van der Waals surface area contributed by atoms with Gasteiger partial charge in [0, 0.05) is 4.79 Å². The van der Waals surface area contributed by atoms with E-state index in [0.29, 0.717) is 5.56 Å². The van der Waals surface area contributed by atoms with Crippen LogP contribution >= 0.6 is 0 Å². The summed E-state index contributed by atoms with van der Waals surface area (Å²) in [6.45, 7) is 0. The molecule has 0 aliphatic rings. The Hall–Kier alpha value is -5.49. The molecule has 0 spiro atoms. The predicted molar refractivity (Wildman–Crippen MR) is 154 cm³/mol. The van der Waals surface area contributed by atoms with Crippen molar-refractivity contribution < 1.29 is 29.7 Å². The maximum atomic E-state index is 11.2. The van der Waals surface area contributed by atoms with Gasteiger partial charge in [0.2, 0.25) is 0 Å². The summed E-state index contributed by atoms with van der Waals surface area (Å²) in [5.41, 5.74) is 6.17. The van der Waals surface area contributed by atoms with Gasteiger partial charge in [-0.05, 0) is 88.0 Å². The minimum atomic E-state index is -0.972. The third-order valence-electron chi connectivity index (χ3n) is 5.89. The van der Waals surface area contributed by atoms with Crippen LogP contribution in [0.3, 0.4) is 0 Å². The van der Waals surface area contributed by atoms with Gasteiger partial charge in [0.05, 0.1) is 11.1 Å². The number of benzene rings is 4. The standard InChI is InChI=1S/C33H24O6/c34-31(35)28-13-7-22(8-14-28)1-4-25-19-26(5-2-23-9-15-29(16-10-23)32(36)37)21-27(20-25)6-3-24-11-17-30(18-12-24)33(38)39/h1-21H,(H,34,35)(H,36,37)(H,38,39)/p+1/b4-1+,5-2+,6-3+. The Morgan fingerprint density at radius 2 is 0.692 bits per heavy atom. The van der Waals surface area contributed by atoms with Gasteiger partial charge in [-0.3, -0.25) is 0 Å². The normalized spacial score (nSPS) is 11.4. The maximum absolute atomic E-state index is 11.2. The van der Waals surface area contributed by atoms with E-state index >= 15 is 0 Å². The van der Waals surface area contributed by atoms with Crippen molar-refractivity contribution in [3.63, 3.8) is 0 Å². The van der Waals surface area contributed by atoms with Gasteiger partial charge in [-0.25, -0.2) is 9.59 Å². The molecule has 0 atom stereocenters. The largest absolute Gasteiger partial charge is 0.561 e. The van der Waals surface area contributed by atoms with Gasteiger partial charge >= 0.3 is 17.9 Å². The van der Waals surface area contributed by atoms with Crippen LogP contribution < -0.4 is 0 Å². The number of aromatic carboxylic acids is 2. The number of carbonyl (C=O) groups excluding carboxylic acids is 1. The first-order chi connectivity index (χ1) is 18.8. The average molecular weight is 518 g/mol. The fourth-order valence-corrected chi connectivity index (χ4v) is 3.79. The Bertz CT molecular complexity index is 1380. The predicted octanol–water partition coefficient (Wildman–Crippen LogP) is 6.46. The van der Waals surface area contributed by atoms with Crippen LogP contribution in [-0.4, -0.2) is 33.2 Å². The van der Waals surface area contributed by atoms with Crippen molar-refractivity contribution in [2.24, 2.45) is 0 Å². The van der Waals surface area contributed by atoms with Gasteiger partial charge in [-0.2, -0.15) is 0 Å². The quantitative estimate of drug-likeness (QED) is 0.195. The molecule has 39 heavy (non-hydrogen) atoms. The van der Waals surface area contributed by atoms with Gasteiger partial charge in [0.15, 0.2) is 0 Å². The Morgan fingerprint density at radius 3 is 0.949 bits per heavy atom. The Morgan fingerprint density at radius 1 is 0.436 bits per heavy atom. The molecule has 192 valence electrons. The molecule has 6 heteroatoms. The molecule has 4 N–H and O–H groups in total. The molecule has 0 fully saturated rings. The first-order valence-electron chi connectivity index (χ1n) is 12.0. The molecular formula is C33H25O6+. The second-order valence-corrected chi connectivity index (χ2v) is 8.74. The fraction of sp³-hybridized carbons (Fsp3) is 0. The highest BCUT2D eigenvalue weighted by molar-refractivity contribution is 5.89. The lowest BCUT2D eigenvalue weighted by Gasteiger charge is -2.04. The second kappa shape index (κ2) is 12.2. The lowest BCUT2D eigenvalue weighted by molar-refractivity contribution is 0.0686. The topological polar surface area (TPSA) is 115 Å². The van der Waals surface area contributed by atoms with E-state index in [-0.39, 0.29) is 11.1 Å². The van der Waals surface area contributed by atoms with Crippen LogP contribution in [0.1, 0.15) is 64.5 Å². The lowest BCUT2D eigenvalue weighted by atomic mass is 10.0. The van der Waals surface area contributed by atoms with Crippen molar-refractivity contribution in [3.05, 3.63) is 141 Å². The van der Waals surface area contributed by atoms with Gasteiger partial charge in [-0.1, -0.05) is 72.9 Å². The molecule has 4 aromatic carbocycles. The highest BCUT2D eigenvalue weighted by Crippen LogP contribution is 2.19. The molecule has 0 saturated carbocycles. The molecule has 0 aliphatic carbocycles. The second-order valence-electron chi connectivity index (χ2n) is 8.74. The number of carboxylic acids is 2. The molecule has 4 rings (SSSR count). The van der Waals surface area contributed by atoms with Crippen LogP contribution in [0.25, 0.3) is 36.5 Å². The third-order valence-corrected chi connectivity index (χ3v) is 5.89. The van der Waals surface area contributed by atoms with E-state index < -0.39 is 17.9 Å². The van der Waals surface area contributed by atoms with Crippen LogP contribution in [-0.2, 0) is 0 Å². The van der Waals surface area contributed by atoms with Gasteiger partial charge in [-0.15, -0.1) is 0 Å². The summed E-state index contributed by atoms with van der Waals surface area (Å²) in [6, 6.07) is 26.1. The van der Waals surface area contributed by atoms with Crippen molar-refractivity contribution in [1.29, 1.82) is 0 Å². The molecule has 0 saturated heterocycles. The van der Waals surface area contributed by atoms with Crippen molar-refractivity contribution >= 4 is 54.4 Å². The first-order valence-corrected chi connectivity index (χ1v) is 12.0. The Labute approximate surface area is 225 Å². The van der Waals surface area contributed by atoms with E-state index in [0.717, 1.165) is 33.4 Å². The zero-order valence-electron chi connectivity index (χ0n) is 20.7. The monoisotopic (exact) mass is 517 g/mol. The molecule has 0 amide bonds. The average Bonchev–Trinajstić information content (AvgIpc) is 2.94. The molecular weight excluding hydrogens is 492 g/mol. The maximum Gasteiger partial charge on any atom is 0.549 e. The lowest BCUT2D eigenvalue weighted by Crippen LogP contribution is -1.94. The number of rotatable bonds is 9. The highest BCUT2D eigenvalue weighted by Gasteiger charge is 2.09. The van der Waals surface area contributed by atoms with Crippen LogP contribution in [0, 0.1) is 0 Å². The molecule has 0 aliphatic heterocycles. The molecule has 0 radical (unpaired) electrons. The van der Waals surface area contributed by atoms with Gasteiger partial charge < -0.3 is 15.3 Å². The Kier molecular flexibility index (Phi) is 8.29. The molecule has 0 aromatic heterocycles. The summed E-state index contributed by atoms with van der Waals surface area (Å²) in [6.07, 6.45) is 11.6. The van der Waals surface area contributed by atoms with Crippen molar-refractivity contribution in [2.45, 2.75) is 0 Å². The fourth-order valence-electron chi connectivity index (χ4n) is 3.79. The summed E-state index contributed by atoms with van der Waals surface area (Å²) >= 11 is 0. The minimum absolute atomic E-state index is 0.225. The summed E-state index contributed by atoms with van der Waals surface area (Å²) in [7, 11) is 0. The molecule has 0 unspecified atom stereocenters. The van der Waals surface area contributed by atoms with Crippen molar-refractivity contribution in [3.8, 4) is 0 Å². The van der Waals surface area contributed by atoms with Gasteiger partial charge in [0.1, 0.15) is 5.56 Å². The first kappa shape index (κ1) is 26.6. The third kappa shape index (κ3) is 7.50. The van der Waals surface area contributed by atoms with Crippen LogP contribution in [0.15, 0.2) is 91.0 Å². The molecule has 0 bridgehead atoms. The van der Waals surface area contributed by atoms with E-state index in [1.54, 1.807) is 72.8 Å². The van der Waals surface area contributed by atoms with E-state index in [4.69, 9.17) is 15.3 Å². The zero-order valence-corrected chi connectivity index (χ0v) is 20.7. The van der Waals surface area contributed by atoms with E-state index in [1.807, 2.05) is 54.7 Å². The number of carbonyl (C=O) groups is 3. The van der Waals surface area contributed by atoms with Gasteiger partial charge in [0.25, 0.3) is 0 Å². The van der Waals surface area contributed by atoms with E-state index in [9.17, 15) is 14.4 Å². The van der Waals surface area contributed by atoms with Crippen LogP contribution in [0.4, 0.5) is 0 Å². The zero-order chi connectivity index (χ0) is 27.8. The SMILES string of the molecule is O=C(O)c1ccc(/C=C/c2cc(/C=C/c3ccc(C(=O)O)cc3)cc(/C=C/c3ccc(C(=O)[OH2+])cc3)c2)cc1. The number of hydrogen-bond donors (Lipinski definition) is 2. The molecule has 6 nitrogen and oxygen atoms in total. The van der Waals surface area contributed by atoms with Crippen molar-refractivity contribution in [2.75, 3.05) is 0 Å². The summed E-state index contributed by atoms with van der Waals surface area (Å²) in [5, 5.41) is 25.4.